The summed E-state index contributed by atoms with van der Waals surface area (Å²) in [6.07, 6.45) is 3.26. The van der Waals surface area contributed by atoms with Crippen molar-refractivity contribution in [2.24, 2.45) is 0 Å². The fourth-order valence-electron chi connectivity index (χ4n) is 16.6. The molecule has 0 saturated heterocycles. The summed E-state index contributed by atoms with van der Waals surface area (Å²) in [6.45, 7) is 23.3. The van der Waals surface area contributed by atoms with Crippen molar-refractivity contribution < 1.29 is 4.42 Å². The first-order valence-corrected chi connectivity index (χ1v) is 39.0. The zero-order valence-electron chi connectivity index (χ0n) is 64.9. The van der Waals surface area contributed by atoms with Gasteiger partial charge in [-0.2, -0.15) is 0 Å². The third kappa shape index (κ3) is 13.1. The highest BCUT2D eigenvalue weighted by atomic mass is 16.3. The Morgan fingerprint density at radius 2 is 0.712 bits per heavy atom. The fourth-order valence-corrected chi connectivity index (χ4v) is 16.6. The molecule has 0 bridgehead atoms. The van der Waals surface area contributed by atoms with Crippen LogP contribution in [0.1, 0.15) is 91.5 Å². The summed E-state index contributed by atoms with van der Waals surface area (Å²) < 4.78 is 8.93. The SMILES string of the molecule is CC1=CCc2cc(C(C)(C)C)ccc2N1c1cccc(N(c2cc(-c3ccc4c(c3)c3ccccc3n4-c3ccccc3)cc(N(c3cccc(-c4ccc5oc6ccccc6c5c4)c3)c3c(-c4ccccc4)cc(C(C)(C)C)cc3-c3ccccc3)c2)c2c(-c3ccccc3)cc(C(C)(C)C)cc2-c2ccccc2)c1. The van der Waals surface area contributed by atoms with Crippen LogP contribution in [0.4, 0.5) is 45.5 Å². The first kappa shape index (κ1) is 69.8. The number of benzene rings is 15. The second-order valence-electron chi connectivity index (χ2n) is 33.0. The van der Waals surface area contributed by atoms with Gasteiger partial charge in [0.15, 0.2) is 0 Å². The Hall–Kier alpha value is -13.0. The smallest absolute Gasteiger partial charge is 0.135 e. The van der Waals surface area contributed by atoms with Crippen LogP contribution in [0.15, 0.2) is 362 Å². The van der Waals surface area contributed by atoms with E-state index in [1.807, 2.05) is 6.07 Å². The lowest BCUT2D eigenvalue weighted by atomic mass is 9.81. The standard InChI is InChI=1S/C106H90N4O/c1-70-50-51-78-58-80(104(2,3)4)54-56-97(78)107(70)85-44-31-45-86(68-85)109(103-93(73-36-20-13-21-37-73)66-82(106(8,9)10)67-94(103)74-38-22-14-23-39-74)88-61-79(77-52-55-99-95(62-77)89-46-26-28-48-98(89)110(99)83-41-24-15-25-42-83)60-87(69-88)108(84-43-30-40-75(59-84)76-53-57-101-96(63-76)90-47-27-29-49-100(90)111-101)102-91(71-32-16-11-17-33-71)64-81(105(5,6)7)65-92(102)72-34-18-12-19-35-72/h11-50,52-69H,51H2,1-10H3. The Morgan fingerprint density at radius 3 is 1.27 bits per heavy atom. The van der Waals surface area contributed by atoms with Gasteiger partial charge < -0.3 is 23.7 Å². The molecule has 18 rings (SSSR count). The average molecular weight is 1440 g/mol. The van der Waals surface area contributed by atoms with Crippen LogP contribution in [0.3, 0.4) is 0 Å². The molecule has 540 valence electrons. The Kier molecular flexibility index (Phi) is 17.5. The van der Waals surface area contributed by atoms with E-state index in [0.717, 1.165) is 152 Å². The maximum absolute atomic E-state index is 6.51. The van der Waals surface area contributed by atoms with Crippen molar-refractivity contribution in [1.29, 1.82) is 0 Å². The van der Waals surface area contributed by atoms with Crippen LogP contribution < -0.4 is 14.7 Å². The summed E-state index contributed by atoms with van der Waals surface area (Å²) in [5, 5.41) is 4.52. The molecule has 17 aromatic rings. The number of anilines is 8. The molecule has 0 saturated carbocycles. The van der Waals surface area contributed by atoms with E-state index < -0.39 is 0 Å². The van der Waals surface area contributed by atoms with Crippen LogP contribution >= 0.6 is 0 Å². The Balaban J connectivity index is 0.996. The topological polar surface area (TPSA) is 27.8 Å². The number of furan rings is 1. The zero-order valence-corrected chi connectivity index (χ0v) is 64.9. The monoisotopic (exact) mass is 1430 g/mol. The minimum atomic E-state index is -0.230. The normalized spacial score (nSPS) is 12.6. The number of allylic oxidation sites excluding steroid dienone is 2. The molecule has 0 radical (unpaired) electrons. The van der Waals surface area contributed by atoms with Gasteiger partial charge in [-0.1, -0.05) is 287 Å². The molecule has 0 atom stereocenters. The van der Waals surface area contributed by atoms with Crippen LogP contribution in [0.25, 0.3) is 116 Å². The van der Waals surface area contributed by atoms with Gasteiger partial charge in [-0.3, -0.25) is 0 Å². The maximum Gasteiger partial charge on any atom is 0.135 e. The number of fused-ring (bicyclic) bond motifs is 7. The first-order valence-electron chi connectivity index (χ1n) is 39.0. The molecule has 0 spiro atoms. The summed E-state index contributed by atoms with van der Waals surface area (Å²) in [7, 11) is 0. The van der Waals surface area contributed by atoms with Crippen LogP contribution in [0, 0.1) is 0 Å². The molecule has 111 heavy (non-hydrogen) atoms. The Bertz CT molecular complexity index is 6300. The molecule has 1 aliphatic rings. The molecule has 0 amide bonds. The van der Waals surface area contributed by atoms with E-state index >= 15 is 0 Å². The van der Waals surface area contributed by atoms with Gasteiger partial charge in [0.2, 0.25) is 0 Å². The lowest BCUT2D eigenvalue weighted by molar-refractivity contribution is 0.589. The van der Waals surface area contributed by atoms with Crippen molar-refractivity contribution in [3.8, 4) is 72.4 Å². The Morgan fingerprint density at radius 1 is 0.288 bits per heavy atom. The third-order valence-corrected chi connectivity index (χ3v) is 22.5. The second-order valence-corrected chi connectivity index (χ2v) is 33.0. The van der Waals surface area contributed by atoms with Gasteiger partial charge >= 0.3 is 0 Å². The minimum Gasteiger partial charge on any atom is -0.456 e. The number of hydrogen-bond donors (Lipinski definition) is 0. The van der Waals surface area contributed by atoms with Crippen LogP contribution in [-0.2, 0) is 22.7 Å². The molecular weight excluding hydrogens is 1350 g/mol. The number of hydrogen-bond acceptors (Lipinski definition) is 4. The summed E-state index contributed by atoms with van der Waals surface area (Å²) >= 11 is 0. The van der Waals surface area contributed by atoms with Gasteiger partial charge in [0.05, 0.1) is 22.4 Å². The van der Waals surface area contributed by atoms with E-state index in [9.17, 15) is 0 Å². The van der Waals surface area contributed by atoms with Crippen molar-refractivity contribution in [3.05, 3.63) is 380 Å². The van der Waals surface area contributed by atoms with Gasteiger partial charge in [-0.25, -0.2) is 0 Å². The van der Waals surface area contributed by atoms with Crippen LogP contribution in [0.2, 0.25) is 0 Å². The van der Waals surface area contributed by atoms with E-state index in [2.05, 4.69) is 434 Å². The van der Waals surface area contributed by atoms with E-state index in [1.54, 1.807) is 0 Å². The first-order chi connectivity index (χ1) is 53.8. The number of aromatic nitrogens is 1. The van der Waals surface area contributed by atoms with Crippen LogP contribution in [-0.4, -0.2) is 4.57 Å². The molecule has 0 fully saturated rings. The van der Waals surface area contributed by atoms with Crippen molar-refractivity contribution in [1.82, 2.24) is 4.57 Å². The highest BCUT2D eigenvalue weighted by molar-refractivity contribution is 6.12. The van der Waals surface area contributed by atoms with E-state index in [4.69, 9.17) is 4.42 Å². The molecule has 15 aromatic carbocycles. The number of para-hydroxylation sites is 3. The van der Waals surface area contributed by atoms with E-state index in [-0.39, 0.29) is 16.2 Å². The minimum absolute atomic E-state index is 0.0160. The molecule has 0 unspecified atom stereocenters. The van der Waals surface area contributed by atoms with Crippen LogP contribution in [0.5, 0.6) is 0 Å². The van der Waals surface area contributed by atoms with Gasteiger partial charge in [0, 0.05) is 89.3 Å². The molecule has 5 heteroatoms. The molecule has 0 N–H and O–H groups in total. The van der Waals surface area contributed by atoms with Gasteiger partial charge in [0.25, 0.3) is 0 Å². The fraction of sp³-hybridized carbons (Fsp3) is 0.132. The molecule has 0 aliphatic carbocycles. The summed E-state index contributed by atoms with van der Waals surface area (Å²) in [4.78, 5) is 7.68. The molecule has 3 heterocycles. The van der Waals surface area contributed by atoms with Gasteiger partial charge in [0.1, 0.15) is 11.2 Å². The molecule has 1 aliphatic heterocycles. The summed E-state index contributed by atoms with van der Waals surface area (Å²) in [6, 6.07) is 129. The largest absolute Gasteiger partial charge is 0.456 e. The lowest BCUT2D eigenvalue weighted by Gasteiger charge is -2.36. The maximum atomic E-state index is 6.51. The predicted octanol–water partition coefficient (Wildman–Crippen LogP) is 30.1. The van der Waals surface area contributed by atoms with Crippen molar-refractivity contribution in [3.63, 3.8) is 0 Å². The number of nitrogens with zero attached hydrogens (tertiary/aromatic N) is 4. The predicted molar refractivity (Wildman–Crippen MR) is 472 cm³/mol. The van der Waals surface area contributed by atoms with Crippen molar-refractivity contribution >= 4 is 89.2 Å². The van der Waals surface area contributed by atoms with E-state index in [1.165, 1.54) is 44.4 Å². The quantitative estimate of drug-likeness (QED) is 0.108. The van der Waals surface area contributed by atoms with Crippen molar-refractivity contribution in [2.45, 2.75) is 91.9 Å². The Labute approximate surface area is 652 Å². The zero-order chi connectivity index (χ0) is 75.9. The molecule has 5 nitrogen and oxygen atoms in total. The lowest BCUT2D eigenvalue weighted by Crippen LogP contribution is -2.22. The summed E-state index contributed by atoms with van der Waals surface area (Å²) in [5.41, 5.74) is 32.5. The molecule has 2 aromatic heterocycles. The average Bonchev–Trinajstić information content (AvgIpc) is 1.54. The summed E-state index contributed by atoms with van der Waals surface area (Å²) in [5.74, 6) is 0. The highest BCUT2D eigenvalue weighted by Gasteiger charge is 2.33. The van der Waals surface area contributed by atoms with Crippen molar-refractivity contribution in [2.75, 3.05) is 14.7 Å². The van der Waals surface area contributed by atoms with Gasteiger partial charge in [-0.05, 0) is 224 Å². The second kappa shape index (κ2) is 27.9. The van der Waals surface area contributed by atoms with E-state index in [0.29, 0.717) is 0 Å². The third-order valence-electron chi connectivity index (χ3n) is 22.5. The molecular formula is C106H90N4O. The van der Waals surface area contributed by atoms with Gasteiger partial charge in [-0.15, -0.1) is 0 Å². The highest BCUT2D eigenvalue weighted by Crippen LogP contribution is 2.55. The number of rotatable bonds is 14.